The quantitative estimate of drug-likeness (QED) is 0.270. The Bertz CT molecular complexity index is 581. The van der Waals surface area contributed by atoms with E-state index in [2.05, 4.69) is 73.0 Å². The van der Waals surface area contributed by atoms with E-state index in [0.29, 0.717) is 6.04 Å². The standard InChI is InChI=1S/C22H38N4OS.HI/c1-5-23-21(25-18-22(28-4)12-15-27-16-13-22)24-14-11-19(2)26(3)17-20-9-7-6-8-10-20;/h6-10,19H,5,11-18H2,1-4H3,(H2,23,24,25);1H. The lowest BCUT2D eigenvalue weighted by atomic mass is 9.99. The van der Waals surface area contributed by atoms with Gasteiger partial charge in [-0.05, 0) is 52.0 Å². The summed E-state index contributed by atoms with van der Waals surface area (Å²) < 4.78 is 5.77. The summed E-state index contributed by atoms with van der Waals surface area (Å²) in [6.07, 6.45) is 5.44. The monoisotopic (exact) mass is 534 g/mol. The highest BCUT2D eigenvalue weighted by Crippen LogP contribution is 2.33. The average Bonchev–Trinajstić information content (AvgIpc) is 2.73. The molecule has 0 spiro atoms. The third-order valence-corrected chi connectivity index (χ3v) is 6.99. The van der Waals surface area contributed by atoms with Crippen LogP contribution in [-0.4, -0.2) is 67.8 Å². The summed E-state index contributed by atoms with van der Waals surface area (Å²) in [6, 6.07) is 11.2. The van der Waals surface area contributed by atoms with Crippen LogP contribution in [0.2, 0.25) is 0 Å². The van der Waals surface area contributed by atoms with E-state index < -0.39 is 0 Å². The number of hydrogen-bond donors (Lipinski definition) is 2. The fraction of sp³-hybridized carbons (Fsp3) is 0.682. The molecule has 1 aromatic rings. The number of nitrogens with one attached hydrogen (secondary N) is 2. The van der Waals surface area contributed by atoms with Crippen molar-refractivity contribution in [1.82, 2.24) is 15.5 Å². The second kappa shape index (κ2) is 14.5. The number of thioether (sulfide) groups is 1. The molecule has 0 saturated carbocycles. The molecule has 29 heavy (non-hydrogen) atoms. The van der Waals surface area contributed by atoms with Crippen LogP contribution >= 0.6 is 35.7 Å². The van der Waals surface area contributed by atoms with Gasteiger partial charge in [0, 0.05) is 43.6 Å². The van der Waals surface area contributed by atoms with Crippen molar-refractivity contribution >= 4 is 41.7 Å². The van der Waals surface area contributed by atoms with Crippen molar-refractivity contribution in [2.75, 3.05) is 46.2 Å². The van der Waals surface area contributed by atoms with Crippen molar-refractivity contribution in [2.24, 2.45) is 4.99 Å². The van der Waals surface area contributed by atoms with E-state index in [0.717, 1.165) is 64.6 Å². The van der Waals surface area contributed by atoms with Crippen LogP contribution in [0.25, 0.3) is 0 Å². The predicted octanol–water partition coefficient (Wildman–Crippen LogP) is 3.98. The molecular weight excluding hydrogens is 495 g/mol. The molecule has 1 saturated heterocycles. The molecule has 1 aliphatic heterocycles. The summed E-state index contributed by atoms with van der Waals surface area (Å²) in [5.41, 5.74) is 1.36. The van der Waals surface area contributed by atoms with Gasteiger partial charge in [0.25, 0.3) is 0 Å². The lowest BCUT2D eigenvalue weighted by Crippen LogP contribution is -2.42. The van der Waals surface area contributed by atoms with Gasteiger partial charge < -0.3 is 15.4 Å². The highest BCUT2D eigenvalue weighted by Gasteiger charge is 2.31. The van der Waals surface area contributed by atoms with Gasteiger partial charge >= 0.3 is 0 Å². The Labute approximate surface area is 198 Å². The molecular formula is C22H39IN4OS. The average molecular weight is 535 g/mol. The van der Waals surface area contributed by atoms with Gasteiger partial charge in [0.2, 0.25) is 0 Å². The Kier molecular flexibility index (Phi) is 13.3. The molecule has 1 aliphatic rings. The fourth-order valence-electron chi connectivity index (χ4n) is 3.38. The number of rotatable bonds is 10. The molecule has 2 rings (SSSR count). The first kappa shape index (κ1) is 26.5. The Morgan fingerprint density at radius 2 is 1.93 bits per heavy atom. The number of ether oxygens (including phenoxy) is 1. The van der Waals surface area contributed by atoms with Gasteiger partial charge in [-0.3, -0.25) is 9.89 Å². The van der Waals surface area contributed by atoms with Crippen LogP contribution in [0.5, 0.6) is 0 Å². The molecule has 1 unspecified atom stereocenters. The molecule has 1 heterocycles. The highest BCUT2D eigenvalue weighted by atomic mass is 127. The summed E-state index contributed by atoms with van der Waals surface area (Å²) in [7, 11) is 2.20. The molecule has 0 bridgehead atoms. The molecule has 2 N–H and O–H groups in total. The second-order valence-corrected chi connectivity index (χ2v) is 8.93. The summed E-state index contributed by atoms with van der Waals surface area (Å²) in [5.74, 6) is 0.931. The van der Waals surface area contributed by atoms with Crippen LogP contribution < -0.4 is 10.6 Å². The van der Waals surface area contributed by atoms with E-state index in [1.807, 2.05) is 11.8 Å². The van der Waals surface area contributed by atoms with Gasteiger partial charge in [0.05, 0.1) is 6.54 Å². The summed E-state index contributed by atoms with van der Waals surface area (Å²) in [6.45, 7) is 9.74. The maximum atomic E-state index is 5.54. The van der Waals surface area contributed by atoms with Crippen molar-refractivity contribution in [3.8, 4) is 0 Å². The molecule has 0 radical (unpaired) electrons. The van der Waals surface area contributed by atoms with Gasteiger partial charge in [0.15, 0.2) is 5.96 Å². The Morgan fingerprint density at radius 1 is 1.24 bits per heavy atom. The SMILES string of the molecule is CCNC(=NCC1(SC)CCOCC1)NCCC(C)N(C)Cc1ccccc1.I. The minimum Gasteiger partial charge on any atom is -0.381 e. The summed E-state index contributed by atoms with van der Waals surface area (Å²) in [4.78, 5) is 7.30. The summed E-state index contributed by atoms with van der Waals surface area (Å²) >= 11 is 1.94. The second-order valence-electron chi connectivity index (χ2n) is 7.66. The Balaban J connectivity index is 0.00000420. The number of guanidine groups is 1. The van der Waals surface area contributed by atoms with E-state index in [1.54, 1.807) is 0 Å². The van der Waals surface area contributed by atoms with E-state index in [9.17, 15) is 0 Å². The smallest absolute Gasteiger partial charge is 0.191 e. The van der Waals surface area contributed by atoms with Crippen molar-refractivity contribution in [1.29, 1.82) is 0 Å². The zero-order chi connectivity index (χ0) is 20.2. The van der Waals surface area contributed by atoms with Crippen molar-refractivity contribution in [3.05, 3.63) is 35.9 Å². The van der Waals surface area contributed by atoms with Crippen LogP contribution in [0.15, 0.2) is 35.3 Å². The molecule has 0 aromatic heterocycles. The molecule has 5 nitrogen and oxygen atoms in total. The Morgan fingerprint density at radius 3 is 2.55 bits per heavy atom. The zero-order valence-corrected chi connectivity index (χ0v) is 21.6. The van der Waals surface area contributed by atoms with Crippen LogP contribution in [0, 0.1) is 0 Å². The van der Waals surface area contributed by atoms with E-state index in [-0.39, 0.29) is 28.7 Å². The number of aliphatic imine (C=N–C) groups is 1. The Hall–Kier alpha value is -0.510. The summed E-state index contributed by atoms with van der Waals surface area (Å²) in [5, 5.41) is 6.91. The van der Waals surface area contributed by atoms with Crippen LogP contribution in [0.4, 0.5) is 0 Å². The first-order valence-corrected chi connectivity index (χ1v) is 11.7. The van der Waals surface area contributed by atoms with E-state index in [1.165, 1.54) is 5.56 Å². The lowest BCUT2D eigenvalue weighted by molar-refractivity contribution is 0.0794. The van der Waals surface area contributed by atoms with Crippen LogP contribution in [0.3, 0.4) is 0 Å². The molecule has 166 valence electrons. The normalized spacial score (nSPS) is 17.5. The van der Waals surface area contributed by atoms with Gasteiger partial charge in [0.1, 0.15) is 0 Å². The molecule has 1 aromatic carbocycles. The first-order valence-electron chi connectivity index (χ1n) is 10.5. The molecule has 0 amide bonds. The number of benzene rings is 1. The maximum Gasteiger partial charge on any atom is 0.191 e. The lowest BCUT2D eigenvalue weighted by Gasteiger charge is -2.34. The molecule has 0 aliphatic carbocycles. The largest absolute Gasteiger partial charge is 0.381 e. The van der Waals surface area contributed by atoms with Crippen LogP contribution in [0.1, 0.15) is 38.7 Å². The number of nitrogens with zero attached hydrogens (tertiary/aromatic N) is 2. The van der Waals surface area contributed by atoms with Gasteiger partial charge in [-0.1, -0.05) is 30.3 Å². The highest BCUT2D eigenvalue weighted by molar-refractivity contribution is 14.0. The van der Waals surface area contributed by atoms with E-state index >= 15 is 0 Å². The molecule has 1 atom stereocenters. The fourth-order valence-corrected chi connectivity index (χ4v) is 4.15. The van der Waals surface area contributed by atoms with Crippen molar-refractivity contribution < 1.29 is 4.74 Å². The van der Waals surface area contributed by atoms with Gasteiger partial charge in [-0.15, -0.1) is 24.0 Å². The zero-order valence-electron chi connectivity index (χ0n) is 18.4. The third kappa shape index (κ3) is 9.44. The minimum atomic E-state index is 0. The van der Waals surface area contributed by atoms with Crippen LogP contribution in [-0.2, 0) is 11.3 Å². The topological polar surface area (TPSA) is 48.9 Å². The van der Waals surface area contributed by atoms with Gasteiger partial charge in [-0.2, -0.15) is 11.8 Å². The number of hydrogen-bond acceptors (Lipinski definition) is 4. The first-order chi connectivity index (χ1) is 13.6. The predicted molar refractivity (Wildman–Crippen MR) is 138 cm³/mol. The number of halogens is 1. The van der Waals surface area contributed by atoms with Crippen molar-refractivity contribution in [2.45, 2.75) is 50.4 Å². The molecule has 1 fully saturated rings. The third-order valence-electron chi connectivity index (χ3n) is 5.59. The minimum absolute atomic E-state index is 0. The van der Waals surface area contributed by atoms with Gasteiger partial charge in [-0.25, -0.2) is 0 Å². The maximum absolute atomic E-state index is 5.54. The van der Waals surface area contributed by atoms with E-state index in [4.69, 9.17) is 9.73 Å². The molecule has 7 heteroatoms. The van der Waals surface area contributed by atoms with Crippen molar-refractivity contribution in [3.63, 3.8) is 0 Å².